The molecule has 0 saturated carbocycles. The van der Waals surface area contributed by atoms with Gasteiger partial charge in [-0.3, -0.25) is 0 Å². The van der Waals surface area contributed by atoms with Crippen molar-refractivity contribution in [3.05, 3.63) is 36.2 Å². The number of benzene rings is 1. The van der Waals surface area contributed by atoms with Crippen LogP contribution in [0.5, 0.6) is 0 Å². The zero-order valence-electron chi connectivity index (χ0n) is 14.4. The summed E-state index contributed by atoms with van der Waals surface area (Å²) in [4.78, 5) is 20.0. The van der Waals surface area contributed by atoms with Crippen LogP contribution in [0.1, 0.15) is 19.4 Å². The highest BCUT2D eigenvalue weighted by molar-refractivity contribution is 6.06. The van der Waals surface area contributed by atoms with Gasteiger partial charge in [0, 0.05) is 11.5 Å². The smallest absolute Gasteiger partial charge is 0.330 e. The molecule has 0 radical (unpaired) electrons. The van der Waals surface area contributed by atoms with Gasteiger partial charge in [-0.25, -0.2) is 14.8 Å². The maximum Gasteiger partial charge on any atom is 0.330 e. The highest BCUT2D eigenvalue weighted by Crippen LogP contribution is 2.29. The number of hydrogen-bond acceptors (Lipinski definition) is 6. The van der Waals surface area contributed by atoms with E-state index < -0.39 is 11.6 Å². The number of aliphatic hydroxyl groups is 1. The second-order valence-electron chi connectivity index (χ2n) is 6.51. The lowest BCUT2D eigenvalue weighted by Crippen LogP contribution is -2.25. The quantitative estimate of drug-likeness (QED) is 0.557. The van der Waals surface area contributed by atoms with Crippen molar-refractivity contribution in [2.45, 2.75) is 26.0 Å². The molecule has 0 atom stereocenters. The average molecular weight is 340 g/mol. The van der Waals surface area contributed by atoms with Crippen molar-refractivity contribution < 1.29 is 14.6 Å². The first kappa shape index (κ1) is 16.9. The molecule has 3 N–H and O–H groups in total. The van der Waals surface area contributed by atoms with Crippen molar-refractivity contribution in [2.24, 2.45) is 0 Å². The van der Waals surface area contributed by atoms with Crippen molar-refractivity contribution in [3.8, 4) is 0 Å². The first-order valence-electron chi connectivity index (χ1n) is 7.81. The van der Waals surface area contributed by atoms with E-state index in [1.807, 2.05) is 22.8 Å². The summed E-state index contributed by atoms with van der Waals surface area (Å²) in [6, 6.07) is 5.62. The molecule has 0 aliphatic carbocycles. The van der Waals surface area contributed by atoms with Crippen LogP contribution < -0.4 is 5.73 Å². The molecule has 2 aromatic heterocycles. The van der Waals surface area contributed by atoms with Crippen LogP contribution in [0.15, 0.2) is 30.6 Å². The van der Waals surface area contributed by atoms with E-state index in [1.54, 1.807) is 26.3 Å². The fourth-order valence-corrected chi connectivity index (χ4v) is 2.75. The number of pyridine rings is 1. The largest absolute Gasteiger partial charge is 0.466 e. The molecular formula is C18H20N4O3. The number of nitrogens with two attached hydrogens (primary N) is 1. The Morgan fingerprint density at radius 2 is 2.20 bits per heavy atom. The van der Waals surface area contributed by atoms with Crippen molar-refractivity contribution in [1.29, 1.82) is 0 Å². The number of esters is 1. The summed E-state index contributed by atoms with van der Waals surface area (Å²) in [6.45, 7) is 3.86. The van der Waals surface area contributed by atoms with Gasteiger partial charge in [-0.05, 0) is 31.6 Å². The summed E-state index contributed by atoms with van der Waals surface area (Å²) >= 11 is 0. The van der Waals surface area contributed by atoms with Crippen molar-refractivity contribution in [3.63, 3.8) is 0 Å². The third-order valence-corrected chi connectivity index (χ3v) is 3.77. The Morgan fingerprint density at radius 3 is 2.88 bits per heavy atom. The number of anilines is 1. The van der Waals surface area contributed by atoms with Gasteiger partial charge in [-0.1, -0.05) is 12.1 Å². The summed E-state index contributed by atoms with van der Waals surface area (Å²) in [7, 11) is 1.33. The fourth-order valence-electron chi connectivity index (χ4n) is 2.75. The summed E-state index contributed by atoms with van der Waals surface area (Å²) < 4.78 is 6.47. The van der Waals surface area contributed by atoms with Gasteiger partial charge in [-0.15, -0.1) is 0 Å². The Labute approximate surface area is 144 Å². The Morgan fingerprint density at radius 1 is 1.44 bits per heavy atom. The summed E-state index contributed by atoms with van der Waals surface area (Å²) in [6.07, 6.45) is 4.66. The number of carbonyl (C=O) groups excluding carboxylic acids is 1. The molecule has 7 heteroatoms. The monoisotopic (exact) mass is 340 g/mol. The molecule has 0 saturated heterocycles. The molecular weight excluding hydrogens is 320 g/mol. The first-order chi connectivity index (χ1) is 11.8. The normalized spacial score (nSPS) is 12.3. The van der Waals surface area contributed by atoms with Crippen LogP contribution in [0.4, 0.5) is 5.82 Å². The lowest BCUT2D eigenvalue weighted by Gasteiger charge is -2.18. The highest BCUT2D eigenvalue weighted by Gasteiger charge is 2.18. The lowest BCUT2D eigenvalue weighted by atomic mass is 10.1. The second-order valence-corrected chi connectivity index (χ2v) is 6.51. The van der Waals surface area contributed by atoms with Gasteiger partial charge in [0.1, 0.15) is 5.52 Å². The minimum absolute atomic E-state index is 0.325. The van der Waals surface area contributed by atoms with Crippen LogP contribution in [0.2, 0.25) is 0 Å². The fraction of sp³-hybridized carbons (Fsp3) is 0.278. The van der Waals surface area contributed by atoms with Crippen LogP contribution in [0, 0.1) is 0 Å². The molecule has 2 heterocycles. The SMILES string of the molecule is COC(=O)/C=C/c1ccc2c(c1)nc(N)c1ncn(CC(C)(C)O)c12. The van der Waals surface area contributed by atoms with E-state index in [0.29, 0.717) is 23.4 Å². The van der Waals surface area contributed by atoms with Crippen molar-refractivity contribution in [1.82, 2.24) is 14.5 Å². The molecule has 0 aliphatic heterocycles. The van der Waals surface area contributed by atoms with E-state index >= 15 is 0 Å². The van der Waals surface area contributed by atoms with E-state index in [2.05, 4.69) is 14.7 Å². The van der Waals surface area contributed by atoms with Crippen molar-refractivity contribution >= 4 is 39.8 Å². The van der Waals surface area contributed by atoms with Gasteiger partial charge in [-0.2, -0.15) is 0 Å². The van der Waals surface area contributed by atoms with E-state index in [1.165, 1.54) is 13.2 Å². The Kier molecular flexibility index (Phi) is 4.18. The van der Waals surface area contributed by atoms with Crippen LogP contribution in [-0.2, 0) is 16.1 Å². The van der Waals surface area contributed by atoms with E-state index in [9.17, 15) is 9.90 Å². The average Bonchev–Trinajstić information content (AvgIpc) is 2.95. The van der Waals surface area contributed by atoms with Crippen LogP contribution in [0.3, 0.4) is 0 Å². The number of imidazole rings is 1. The van der Waals surface area contributed by atoms with Crippen molar-refractivity contribution in [2.75, 3.05) is 12.8 Å². The molecule has 25 heavy (non-hydrogen) atoms. The molecule has 3 aromatic rings. The summed E-state index contributed by atoms with van der Waals surface area (Å²) in [5, 5.41) is 11.0. The molecule has 0 aliphatic rings. The first-order valence-corrected chi connectivity index (χ1v) is 7.81. The van der Waals surface area contributed by atoms with E-state index in [4.69, 9.17) is 5.73 Å². The molecule has 0 bridgehead atoms. The number of nitrogens with zero attached hydrogens (tertiary/aromatic N) is 3. The second kappa shape index (κ2) is 6.18. The van der Waals surface area contributed by atoms with Crippen LogP contribution in [0.25, 0.3) is 28.0 Å². The Bertz CT molecular complexity index is 983. The van der Waals surface area contributed by atoms with Gasteiger partial charge >= 0.3 is 5.97 Å². The maximum atomic E-state index is 11.2. The standard InChI is InChI=1S/C18H20N4O3/c1-18(2,24)9-22-10-20-15-16(22)12-6-4-11(5-7-14(23)25-3)8-13(12)21-17(15)19/h4-8,10,24H,9H2,1-3H3,(H2,19,21)/b7-5+. The Balaban J connectivity index is 2.16. The predicted molar refractivity (Wildman–Crippen MR) is 96.8 cm³/mol. The maximum absolute atomic E-state index is 11.2. The molecule has 3 rings (SSSR count). The molecule has 7 nitrogen and oxygen atoms in total. The van der Waals surface area contributed by atoms with Gasteiger partial charge < -0.3 is 20.1 Å². The minimum atomic E-state index is -0.888. The third kappa shape index (κ3) is 3.46. The number of carbonyl (C=O) groups is 1. The number of rotatable bonds is 4. The molecule has 1 aromatic carbocycles. The molecule has 0 unspecified atom stereocenters. The number of aromatic nitrogens is 3. The topological polar surface area (TPSA) is 103 Å². The van der Waals surface area contributed by atoms with Gasteiger partial charge in [0.05, 0.1) is 36.6 Å². The summed E-state index contributed by atoms with van der Waals surface area (Å²) in [5.41, 5.74) is 8.09. The highest BCUT2D eigenvalue weighted by atomic mass is 16.5. The van der Waals surface area contributed by atoms with E-state index in [-0.39, 0.29) is 0 Å². The Hall–Kier alpha value is -2.93. The zero-order valence-corrected chi connectivity index (χ0v) is 14.4. The number of methoxy groups -OCH3 is 1. The molecule has 0 amide bonds. The van der Waals surface area contributed by atoms with E-state index in [0.717, 1.165) is 16.5 Å². The number of hydrogen-bond donors (Lipinski definition) is 2. The number of nitrogen functional groups attached to an aromatic ring is 1. The van der Waals surface area contributed by atoms with Gasteiger partial charge in [0.25, 0.3) is 0 Å². The summed E-state index contributed by atoms with van der Waals surface area (Å²) in [5.74, 6) is -0.0997. The molecule has 0 spiro atoms. The van der Waals surface area contributed by atoms with Gasteiger partial charge in [0.2, 0.25) is 0 Å². The predicted octanol–water partition coefficient (Wildman–Crippen LogP) is 2.12. The number of fused-ring (bicyclic) bond motifs is 3. The van der Waals surface area contributed by atoms with Gasteiger partial charge in [0.15, 0.2) is 5.82 Å². The molecule has 0 fully saturated rings. The van der Waals surface area contributed by atoms with Crippen LogP contribution >= 0.6 is 0 Å². The lowest BCUT2D eigenvalue weighted by molar-refractivity contribution is -0.134. The third-order valence-electron chi connectivity index (χ3n) is 3.77. The molecule has 130 valence electrons. The number of ether oxygens (including phenoxy) is 1. The zero-order chi connectivity index (χ0) is 18.2. The van der Waals surface area contributed by atoms with Crippen LogP contribution in [-0.4, -0.2) is 38.3 Å². The minimum Gasteiger partial charge on any atom is -0.466 e.